The molecular weight excluding hydrogens is 641 g/mol. The minimum atomic E-state index is -4.47. The predicted molar refractivity (Wildman–Crippen MR) is 162 cm³/mol. The first kappa shape index (κ1) is 37.3. The van der Waals surface area contributed by atoms with Gasteiger partial charge < -0.3 is 33.9 Å². The molecule has 5 atom stereocenters. The largest absolute Gasteiger partial charge is 0.465 e. The maximum atomic E-state index is 14.2. The van der Waals surface area contributed by atoms with Crippen molar-refractivity contribution in [3.63, 3.8) is 0 Å². The molecule has 0 amide bonds. The molecule has 19 heteroatoms. The van der Waals surface area contributed by atoms with E-state index in [-0.39, 0.29) is 37.6 Å². The summed E-state index contributed by atoms with van der Waals surface area (Å²) < 4.78 is 49.0. The average Bonchev–Trinajstić information content (AvgIpc) is 3.61. The van der Waals surface area contributed by atoms with E-state index in [0.29, 0.717) is 5.52 Å². The summed E-state index contributed by atoms with van der Waals surface area (Å²) in [4.78, 5) is 54.6. The lowest BCUT2D eigenvalue weighted by molar-refractivity contribution is -0.187. The van der Waals surface area contributed by atoms with E-state index >= 15 is 0 Å². The van der Waals surface area contributed by atoms with Crippen LogP contribution in [0.15, 0.2) is 18.5 Å². The summed E-state index contributed by atoms with van der Waals surface area (Å²) >= 11 is 0. The number of carbonyl (C=O) groups is 4. The summed E-state index contributed by atoms with van der Waals surface area (Å²) in [6, 6.07) is 2.55. The molecule has 1 unspecified atom stereocenters. The van der Waals surface area contributed by atoms with E-state index in [1.807, 2.05) is 6.07 Å². The Morgan fingerprint density at radius 2 is 1.68 bits per heavy atom. The molecule has 1 aliphatic rings. The molecule has 0 aliphatic carbocycles. The zero-order chi connectivity index (χ0) is 35.0. The fourth-order valence-corrected chi connectivity index (χ4v) is 6.58. The van der Waals surface area contributed by atoms with Crippen LogP contribution in [0.2, 0.25) is 0 Å². The standard InChI is InChI=1S/C28H40N7O11P/c1-7-21(36)45-26-27(13-29,14-44-47(40,33-17(5)24(38)41-9-3)34-18(6)25(39)42-10-4)43-15-28(26,46-22(37)8-2)20-12-11-19-23(30)31-16-32-35(19)20/h11-12,16-18,26H,7-10,14-15H2,1-6H3,(H2,30,31,32)(H2,33,34,40)/t17-,18-,26+,27+,28?/m0/s1. The number of anilines is 1. The number of esters is 4. The van der Waals surface area contributed by atoms with Gasteiger partial charge in [-0.05, 0) is 39.8 Å². The second kappa shape index (κ2) is 15.6. The lowest BCUT2D eigenvalue weighted by atomic mass is 9.85. The van der Waals surface area contributed by atoms with Gasteiger partial charge in [-0.3, -0.25) is 23.7 Å². The maximum Gasteiger partial charge on any atom is 0.342 e. The number of hydrogen-bond donors (Lipinski definition) is 3. The number of nitrogens with two attached hydrogens (primary N) is 1. The van der Waals surface area contributed by atoms with E-state index in [1.165, 1.54) is 31.4 Å². The number of hydrogen-bond acceptors (Lipinski definition) is 15. The van der Waals surface area contributed by atoms with Crippen LogP contribution in [-0.4, -0.2) is 88.7 Å². The Labute approximate surface area is 271 Å². The van der Waals surface area contributed by atoms with Gasteiger partial charge in [0, 0.05) is 12.8 Å². The van der Waals surface area contributed by atoms with Crippen LogP contribution in [0.25, 0.3) is 5.52 Å². The van der Waals surface area contributed by atoms with Crippen LogP contribution in [0.1, 0.15) is 60.1 Å². The highest BCUT2D eigenvalue weighted by Gasteiger charge is 2.67. The third-order valence-corrected chi connectivity index (χ3v) is 9.03. The predicted octanol–water partition coefficient (Wildman–Crippen LogP) is 1.28. The molecular formula is C28H40N7O11P. The van der Waals surface area contributed by atoms with Crippen molar-refractivity contribution >= 4 is 42.9 Å². The molecule has 0 radical (unpaired) electrons. The number of fused-ring (bicyclic) bond motifs is 1. The summed E-state index contributed by atoms with van der Waals surface area (Å²) in [6.45, 7) is 7.55. The molecule has 0 spiro atoms. The Morgan fingerprint density at radius 3 is 2.21 bits per heavy atom. The first-order valence-electron chi connectivity index (χ1n) is 14.9. The molecule has 3 rings (SSSR count). The zero-order valence-corrected chi connectivity index (χ0v) is 27.9. The smallest absolute Gasteiger partial charge is 0.342 e. The van der Waals surface area contributed by atoms with Crippen molar-refractivity contribution in [1.29, 1.82) is 5.26 Å². The lowest BCUT2D eigenvalue weighted by Crippen LogP contribution is -2.55. The van der Waals surface area contributed by atoms with Gasteiger partial charge in [0.25, 0.3) is 0 Å². The number of aromatic nitrogens is 3. The van der Waals surface area contributed by atoms with E-state index < -0.39 is 74.2 Å². The summed E-state index contributed by atoms with van der Waals surface area (Å²) in [6.07, 6.45) is -0.812. The fourth-order valence-electron chi connectivity index (χ4n) is 4.75. The van der Waals surface area contributed by atoms with Crippen molar-refractivity contribution in [2.75, 3.05) is 32.2 Å². The molecule has 47 heavy (non-hydrogen) atoms. The monoisotopic (exact) mass is 681 g/mol. The minimum absolute atomic E-state index is 0.0298. The Hall–Kier alpha value is -4.14. The van der Waals surface area contributed by atoms with Gasteiger partial charge in [-0.25, -0.2) is 19.7 Å². The lowest BCUT2D eigenvalue weighted by Gasteiger charge is -2.36. The molecule has 2 aromatic rings. The second-order valence-electron chi connectivity index (χ2n) is 10.4. The quantitative estimate of drug-likeness (QED) is 0.128. The molecule has 1 saturated heterocycles. The van der Waals surface area contributed by atoms with E-state index in [9.17, 15) is 29.0 Å². The second-order valence-corrected chi connectivity index (χ2v) is 12.3. The number of nitriles is 1. The molecule has 0 aromatic carbocycles. The van der Waals surface area contributed by atoms with Crippen LogP contribution in [0.3, 0.4) is 0 Å². The average molecular weight is 682 g/mol. The molecule has 4 N–H and O–H groups in total. The molecule has 18 nitrogen and oxygen atoms in total. The number of ether oxygens (including phenoxy) is 5. The normalized spacial score (nSPS) is 22.2. The zero-order valence-electron chi connectivity index (χ0n) is 27.0. The van der Waals surface area contributed by atoms with Crippen LogP contribution in [-0.2, 0) is 57.6 Å². The highest BCUT2D eigenvalue weighted by atomic mass is 31.2. The van der Waals surface area contributed by atoms with Gasteiger partial charge in [0.15, 0.2) is 11.9 Å². The van der Waals surface area contributed by atoms with E-state index in [1.54, 1.807) is 26.8 Å². The summed E-state index contributed by atoms with van der Waals surface area (Å²) in [5.74, 6) is -3.01. The number of nitrogens with zero attached hydrogens (tertiary/aromatic N) is 4. The topological polar surface area (TPSA) is 245 Å². The highest BCUT2D eigenvalue weighted by Crippen LogP contribution is 2.49. The van der Waals surface area contributed by atoms with Crippen LogP contribution in [0.5, 0.6) is 0 Å². The van der Waals surface area contributed by atoms with Crippen molar-refractivity contribution in [1.82, 2.24) is 24.8 Å². The van der Waals surface area contributed by atoms with Gasteiger partial charge in [0.1, 0.15) is 36.6 Å². The van der Waals surface area contributed by atoms with Crippen LogP contribution < -0.4 is 15.9 Å². The Balaban J connectivity index is 2.13. The van der Waals surface area contributed by atoms with Gasteiger partial charge in [-0.1, -0.05) is 13.8 Å². The maximum absolute atomic E-state index is 14.2. The summed E-state index contributed by atoms with van der Waals surface area (Å²) in [5.41, 5.74) is 2.20. The Bertz CT molecular complexity index is 1530. The van der Waals surface area contributed by atoms with Crippen molar-refractivity contribution < 1.29 is 52.0 Å². The third-order valence-electron chi connectivity index (χ3n) is 7.09. The van der Waals surface area contributed by atoms with Gasteiger partial charge in [0.2, 0.25) is 11.2 Å². The minimum Gasteiger partial charge on any atom is -0.465 e. The number of nitrogens with one attached hydrogen (secondary N) is 2. The Kier molecular flexibility index (Phi) is 12.4. The van der Waals surface area contributed by atoms with Gasteiger partial charge in [-0.2, -0.15) is 10.4 Å². The van der Waals surface area contributed by atoms with Gasteiger partial charge >= 0.3 is 31.5 Å². The van der Waals surface area contributed by atoms with E-state index in [4.69, 9.17) is 33.9 Å². The molecule has 1 aliphatic heterocycles. The number of carbonyl (C=O) groups excluding carboxylic acids is 4. The first-order chi connectivity index (χ1) is 22.2. The first-order valence-corrected chi connectivity index (χ1v) is 16.6. The molecule has 0 saturated carbocycles. The van der Waals surface area contributed by atoms with Gasteiger partial charge in [0.05, 0.1) is 25.5 Å². The van der Waals surface area contributed by atoms with Crippen LogP contribution in [0, 0.1) is 11.3 Å². The van der Waals surface area contributed by atoms with E-state index in [2.05, 4.69) is 20.3 Å². The molecule has 0 bridgehead atoms. The van der Waals surface area contributed by atoms with Gasteiger partial charge in [-0.15, -0.1) is 0 Å². The summed E-state index contributed by atoms with van der Waals surface area (Å²) in [7, 11) is -4.47. The SMILES string of the molecule is CCOC(=O)[C@H](C)NP(=O)(N[C@@H](C)C(=O)OCC)OC[C@@]1(C#N)OCC(OC(=O)CC)(c2ccc3c(N)ncnn23)[C@@H]1OC(=O)CC. The fraction of sp³-hybridized carbons (Fsp3) is 0.607. The molecule has 1 fully saturated rings. The van der Waals surface area contributed by atoms with Crippen LogP contribution >= 0.6 is 7.67 Å². The van der Waals surface area contributed by atoms with Crippen molar-refractivity contribution in [3.05, 3.63) is 24.2 Å². The number of rotatable bonds is 16. The van der Waals surface area contributed by atoms with E-state index in [0.717, 1.165) is 6.33 Å². The van der Waals surface area contributed by atoms with Crippen molar-refractivity contribution in [3.8, 4) is 6.07 Å². The summed E-state index contributed by atoms with van der Waals surface area (Å²) in [5, 5.41) is 19.8. The van der Waals surface area contributed by atoms with Crippen molar-refractivity contribution in [2.45, 2.75) is 83.8 Å². The number of nitrogen functional groups attached to an aromatic ring is 1. The highest BCUT2D eigenvalue weighted by molar-refractivity contribution is 7.54. The van der Waals surface area contributed by atoms with Crippen LogP contribution in [0.4, 0.5) is 5.82 Å². The van der Waals surface area contributed by atoms with Crippen molar-refractivity contribution in [2.24, 2.45) is 0 Å². The Morgan fingerprint density at radius 1 is 1.09 bits per heavy atom. The molecule has 3 heterocycles. The third kappa shape index (κ3) is 8.06. The molecule has 258 valence electrons. The molecule has 2 aromatic heterocycles.